The minimum absolute atomic E-state index is 0.766. The predicted octanol–water partition coefficient (Wildman–Crippen LogP) is 13.6. The minimum atomic E-state index is 0.766. The van der Waals surface area contributed by atoms with E-state index in [-0.39, 0.29) is 0 Å². The lowest BCUT2D eigenvalue weighted by Crippen LogP contribution is -1.98. The van der Waals surface area contributed by atoms with Crippen LogP contribution in [0.25, 0.3) is 0 Å². The molecule has 1 aromatic heterocycles. The monoisotopic (exact) mass is 750 g/mol. The Bertz CT molecular complexity index is 1820. The van der Waals surface area contributed by atoms with Crippen molar-refractivity contribution in [1.29, 1.82) is 0 Å². The summed E-state index contributed by atoms with van der Waals surface area (Å²) < 4.78 is 0. The van der Waals surface area contributed by atoms with Gasteiger partial charge in [0.05, 0.1) is 0 Å². The lowest BCUT2D eigenvalue weighted by atomic mass is 10.2. The molecule has 2 aromatic rings. The summed E-state index contributed by atoms with van der Waals surface area (Å²) in [4.78, 5) is 26.2. The van der Waals surface area contributed by atoms with Crippen LogP contribution in [0, 0.1) is 0 Å². The van der Waals surface area contributed by atoms with E-state index in [9.17, 15) is 0 Å². The number of aromatic nitrogens is 3. The molecular weight excluding hydrogens is 709 g/mol. The van der Waals surface area contributed by atoms with E-state index in [1.807, 2.05) is 19.2 Å². The van der Waals surface area contributed by atoms with Crippen LogP contribution in [0.4, 0.5) is 0 Å². The summed E-state index contributed by atoms with van der Waals surface area (Å²) in [5.74, 6) is 0. The topological polar surface area (TPSA) is 51.0 Å². The highest BCUT2D eigenvalue weighted by Gasteiger charge is 2.14. The van der Waals surface area contributed by atoms with E-state index in [1.54, 1.807) is 58.8 Å². The van der Waals surface area contributed by atoms with Crippen LogP contribution in [-0.4, -0.2) is 21.2 Å². The zero-order valence-electron chi connectivity index (χ0n) is 28.5. The number of hydrogen-bond acceptors (Lipinski definition) is 9. The van der Waals surface area contributed by atoms with Crippen molar-refractivity contribution in [3.05, 3.63) is 157 Å². The fourth-order valence-electron chi connectivity index (χ4n) is 4.69. The van der Waals surface area contributed by atoms with Crippen molar-refractivity contribution in [2.45, 2.75) is 79.2 Å². The summed E-state index contributed by atoms with van der Waals surface area (Å²) in [7, 11) is 0. The molecular formula is C41H42N4S5. The van der Waals surface area contributed by atoms with Crippen LogP contribution in [0.3, 0.4) is 0 Å². The molecule has 0 amide bonds. The Kier molecular flexibility index (Phi) is 16.6. The molecule has 0 fully saturated rings. The maximum atomic E-state index is 4.74. The zero-order valence-corrected chi connectivity index (χ0v) is 32.6. The van der Waals surface area contributed by atoms with E-state index >= 15 is 0 Å². The number of allylic oxidation sites excluding steroid dienone is 18. The molecule has 0 atom stereocenters. The smallest absolute Gasteiger partial charge is 0.197 e. The Balaban J connectivity index is 0.000000201. The van der Waals surface area contributed by atoms with Gasteiger partial charge in [0.1, 0.15) is 5.03 Å². The van der Waals surface area contributed by atoms with Gasteiger partial charge in [0, 0.05) is 25.8 Å². The summed E-state index contributed by atoms with van der Waals surface area (Å²) >= 11 is 8.40. The largest absolute Gasteiger partial charge is 0.254 e. The highest BCUT2D eigenvalue weighted by Crippen LogP contribution is 2.37. The molecule has 9 heteroatoms. The second-order valence-corrected chi connectivity index (χ2v) is 16.5. The van der Waals surface area contributed by atoms with Crippen molar-refractivity contribution in [3.8, 4) is 0 Å². The van der Waals surface area contributed by atoms with Crippen molar-refractivity contribution in [2.24, 2.45) is 4.99 Å². The average Bonchev–Trinajstić information content (AvgIpc) is 3.42. The second kappa shape index (κ2) is 21.9. The van der Waals surface area contributed by atoms with Crippen LogP contribution in [-0.2, 0) is 0 Å². The standard InChI is InChI=1S/C22H21N3S3.C19H21NS2/c1-2-6-12-17(11-5-1)26-20-23-21(27-18-13-7-3-8-14-18)25-22(24-20)28-19-15-9-4-10-16-19;1-3-16(21-17-11-7-5-8-12-17)15-19(20-4-2)22-18-13-9-6-10-14-18/h1-3,5-7,9,11,13,15-16H,4,8,10,12,14H2;3-5,7-9,11-15H,6,10H2,1-2H3/b;16-3+,19-15+,20-4-. The number of nitrogens with zero attached hydrogens (tertiary/aromatic N) is 4. The van der Waals surface area contributed by atoms with Crippen molar-refractivity contribution < 1.29 is 0 Å². The number of rotatable bonds is 12. The van der Waals surface area contributed by atoms with E-state index in [0.29, 0.717) is 0 Å². The Morgan fingerprint density at radius 3 is 2.02 bits per heavy atom. The van der Waals surface area contributed by atoms with Crippen molar-refractivity contribution >= 4 is 65.0 Å². The SMILES string of the molecule is C1=CC=C(Sc2nc(SC3=CCCC=C3)nc(SC3=CC=CCC3)n2)CC=C1.C\C=N/C(=C\C(=C/C)Sc1ccccc1)SC1=CCCC=C1. The van der Waals surface area contributed by atoms with Crippen LogP contribution in [0.1, 0.15) is 58.8 Å². The number of aliphatic imine (C=N–C) groups is 1. The molecule has 0 N–H and O–H groups in total. The molecule has 0 aliphatic heterocycles. The minimum Gasteiger partial charge on any atom is -0.254 e. The first-order valence-corrected chi connectivity index (χ1v) is 20.9. The van der Waals surface area contributed by atoms with E-state index < -0.39 is 0 Å². The van der Waals surface area contributed by atoms with Gasteiger partial charge in [-0.15, -0.1) is 0 Å². The van der Waals surface area contributed by atoms with E-state index in [0.717, 1.165) is 65.4 Å². The van der Waals surface area contributed by atoms with Crippen LogP contribution < -0.4 is 0 Å². The lowest BCUT2D eigenvalue weighted by molar-refractivity contribution is 0.719. The second-order valence-electron chi connectivity index (χ2n) is 11.0. The van der Waals surface area contributed by atoms with Crippen LogP contribution in [0.2, 0.25) is 0 Å². The first-order chi connectivity index (χ1) is 24.7. The van der Waals surface area contributed by atoms with Crippen LogP contribution in [0.15, 0.2) is 182 Å². The zero-order chi connectivity index (χ0) is 34.6. The molecule has 1 aromatic carbocycles. The summed E-state index contributed by atoms with van der Waals surface area (Å²) in [6.07, 6.45) is 43.9. The third-order valence-corrected chi connectivity index (χ3v) is 12.0. The molecule has 0 saturated carbocycles. The van der Waals surface area contributed by atoms with Gasteiger partial charge in [-0.3, -0.25) is 4.99 Å². The molecule has 6 rings (SSSR count). The fraction of sp³-hybridized carbons (Fsp3) is 0.220. The average molecular weight is 751 g/mol. The van der Waals surface area contributed by atoms with Crippen molar-refractivity contribution in [2.75, 3.05) is 0 Å². The Hall–Kier alpha value is -3.21. The van der Waals surface area contributed by atoms with E-state index in [1.165, 1.54) is 29.4 Å². The molecule has 256 valence electrons. The highest BCUT2D eigenvalue weighted by atomic mass is 32.2. The predicted molar refractivity (Wildman–Crippen MR) is 224 cm³/mol. The molecule has 4 nitrogen and oxygen atoms in total. The van der Waals surface area contributed by atoms with Gasteiger partial charge in [0.2, 0.25) is 0 Å². The summed E-state index contributed by atoms with van der Waals surface area (Å²) in [6, 6.07) is 10.4. The lowest BCUT2D eigenvalue weighted by Gasteiger charge is -2.11. The van der Waals surface area contributed by atoms with Gasteiger partial charge >= 0.3 is 0 Å². The summed E-state index contributed by atoms with van der Waals surface area (Å²) in [6.45, 7) is 4.03. The molecule has 0 saturated heterocycles. The molecule has 0 spiro atoms. The summed E-state index contributed by atoms with van der Waals surface area (Å²) in [5, 5.41) is 3.34. The normalized spacial score (nSPS) is 17.5. The maximum absolute atomic E-state index is 4.74. The summed E-state index contributed by atoms with van der Waals surface area (Å²) in [5.41, 5.74) is 0. The Labute approximate surface area is 319 Å². The van der Waals surface area contributed by atoms with E-state index in [2.05, 4.69) is 133 Å². The van der Waals surface area contributed by atoms with Gasteiger partial charge in [-0.1, -0.05) is 168 Å². The van der Waals surface area contributed by atoms with Gasteiger partial charge in [-0.25, -0.2) is 0 Å². The Morgan fingerprint density at radius 1 is 0.660 bits per heavy atom. The van der Waals surface area contributed by atoms with Gasteiger partial charge in [-0.2, -0.15) is 15.0 Å². The third kappa shape index (κ3) is 13.8. The quantitative estimate of drug-likeness (QED) is 0.121. The Morgan fingerprint density at radius 2 is 1.36 bits per heavy atom. The van der Waals surface area contributed by atoms with Gasteiger partial charge < -0.3 is 0 Å². The molecule has 0 bridgehead atoms. The molecule has 0 unspecified atom stereocenters. The molecule has 0 radical (unpaired) electrons. The first kappa shape index (κ1) is 38.0. The van der Waals surface area contributed by atoms with Crippen LogP contribution in [0.5, 0.6) is 0 Å². The van der Waals surface area contributed by atoms with Gasteiger partial charge in [0.15, 0.2) is 15.5 Å². The molecule has 50 heavy (non-hydrogen) atoms. The number of benzene rings is 1. The number of hydrogen-bond donors (Lipinski definition) is 0. The number of thioether (sulfide) groups is 5. The highest BCUT2D eigenvalue weighted by molar-refractivity contribution is 8.07. The van der Waals surface area contributed by atoms with E-state index in [4.69, 9.17) is 15.0 Å². The maximum Gasteiger partial charge on any atom is 0.197 e. The first-order valence-electron chi connectivity index (χ1n) is 16.9. The van der Waals surface area contributed by atoms with Crippen molar-refractivity contribution in [3.63, 3.8) is 0 Å². The van der Waals surface area contributed by atoms with Gasteiger partial charge in [-0.05, 0) is 86.8 Å². The van der Waals surface area contributed by atoms with Gasteiger partial charge in [0.25, 0.3) is 0 Å². The van der Waals surface area contributed by atoms with Crippen molar-refractivity contribution in [1.82, 2.24) is 15.0 Å². The molecule has 4 aliphatic rings. The molecule has 1 heterocycles. The molecule has 4 aliphatic carbocycles. The third-order valence-electron chi connectivity index (χ3n) is 7.09. The fourth-order valence-corrected chi connectivity index (χ4v) is 9.27. The van der Waals surface area contributed by atoms with Crippen LogP contribution >= 0.6 is 58.8 Å².